The number of nitro groups is 1. The molecule has 1 saturated heterocycles. The molecule has 2 aromatic rings. The van der Waals surface area contributed by atoms with E-state index in [9.17, 15) is 28.1 Å². The first-order valence-corrected chi connectivity index (χ1v) is 11.8. The van der Waals surface area contributed by atoms with Gasteiger partial charge in [0.05, 0.1) is 23.0 Å². The zero-order chi connectivity index (χ0) is 24.9. The van der Waals surface area contributed by atoms with Crippen molar-refractivity contribution in [3.05, 3.63) is 58.1 Å². The largest absolute Gasteiger partial charge is 0.378 e. The molecule has 1 heterocycles. The molecule has 0 aliphatic carbocycles. The van der Waals surface area contributed by atoms with Gasteiger partial charge in [0.1, 0.15) is 5.69 Å². The third-order valence-electron chi connectivity index (χ3n) is 4.71. The van der Waals surface area contributed by atoms with Gasteiger partial charge in [0.25, 0.3) is 21.6 Å². The van der Waals surface area contributed by atoms with Crippen LogP contribution in [-0.4, -0.2) is 56.6 Å². The molecule has 0 aromatic heterocycles. The number of hydrogen-bond acceptors (Lipinski definition) is 9. The van der Waals surface area contributed by atoms with Crippen LogP contribution >= 0.6 is 12.2 Å². The summed E-state index contributed by atoms with van der Waals surface area (Å²) in [7, 11) is -3.98. The number of morpholine rings is 1. The summed E-state index contributed by atoms with van der Waals surface area (Å²) in [6.45, 7) is 3.01. The number of carbonyl (C=O) groups excluding carboxylic acids is 2. The van der Waals surface area contributed by atoms with Gasteiger partial charge in [0.2, 0.25) is 5.91 Å². The Labute approximate surface area is 200 Å². The summed E-state index contributed by atoms with van der Waals surface area (Å²) in [5.74, 6) is -1.37. The van der Waals surface area contributed by atoms with Crippen molar-refractivity contribution in [2.45, 2.75) is 11.8 Å². The number of hydrogen-bond donors (Lipinski definition) is 3. The highest BCUT2D eigenvalue weighted by molar-refractivity contribution is 7.90. The highest BCUT2D eigenvalue weighted by atomic mass is 32.2. The van der Waals surface area contributed by atoms with Crippen molar-refractivity contribution in [3.63, 3.8) is 0 Å². The second-order valence-corrected chi connectivity index (χ2v) is 9.24. The van der Waals surface area contributed by atoms with Gasteiger partial charge in [-0.15, -0.1) is 0 Å². The molecular weight excluding hydrogens is 486 g/mol. The predicted molar refractivity (Wildman–Crippen MR) is 127 cm³/mol. The molecule has 1 fully saturated rings. The SMILES string of the molecule is CC(=O)NS(=O)(=O)c1ccc(NC(=S)NC(=O)c2ccc(N3CCOCC3)c([N+](=O)[O-])c2)cc1. The van der Waals surface area contributed by atoms with Crippen LogP contribution in [0, 0.1) is 10.1 Å². The summed E-state index contributed by atoms with van der Waals surface area (Å²) in [5, 5.41) is 16.6. The van der Waals surface area contributed by atoms with Crippen molar-refractivity contribution < 1.29 is 27.7 Å². The van der Waals surface area contributed by atoms with Crippen LogP contribution in [0.3, 0.4) is 0 Å². The van der Waals surface area contributed by atoms with Crippen LogP contribution in [0.4, 0.5) is 17.1 Å². The van der Waals surface area contributed by atoms with Crippen molar-refractivity contribution in [2.24, 2.45) is 0 Å². The Morgan fingerprint density at radius 2 is 1.76 bits per heavy atom. The second-order valence-electron chi connectivity index (χ2n) is 7.15. The molecular formula is C20H21N5O7S2. The van der Waals surface area contributed by atoms with Crippen LogP contribution in [0.25, 0.3) is 0 Å². The van der Waals surface area contributed by atoms with Crippen molar-refractivity contribution in [1.82, 2.24) is 10.0 Å². The molecule has 1 aliphatic heterocycles. The maximum absolute atomic E-state index is 12.6. The van der Waals surface area contributed by atoms with Crippen molar-refractivity contribution in [3.8, 4) is 0 Å². The highest BCUT2D eigenvalue weighted by Gasteiger charge is 2.23. The summed E-state index contributed by atoms with van der Waals surface area (Å²) in [5.41, 5.74) is 0.620. The van der Waals surface area contributed by atoms with Gasteiger partial charge >= 0.3 is 0 Å². The van der Waals surface area contributed by atoms with Gasteiger partial charge < -0.3 is 15.0 Å². The van der Waals surface area contributed by atoms with E-state index in [2.05, 4.69) is 10.6 Å². The fourth-order valence-corrected chi connectivity index (χ4v) is 4.39. The normalized spacial score (nSPS) is 13.6. The molecule has 2 amide bonds. The van der Waals surface area contributed by atoms with E-state index in [0.717, 1.165) is 6.92 Å². The zero-order valence-corrected chi connectivity index (χ0v) is 19.6. The lowest BCUT2D eigenvalue weighted by Gasteiger charge is -2.28. The predicted octanol–water partition coefficient (Wildman–Crippen LogP) is 1.38. The minimum atomic E-state index is -3.98. The first-order chi connectivity index (χ1) is 16.1. The number of carbonyl (C=O) groups is 2. The lowest BCUT2D eigenvalue weighted by Crippen LogP contribution is -2.37. The number of amides is 2. The lowest BCUT2D eigenvalue weighted by molar-refractivity contribution is -0.384. The third-order valence-corrected chi connectivity index (χ3v) is 6.37. The van der Waals surface area contributed by atoms with Crippen LogP contribution < -0.4 is 20.3 Å². The Hall–Kier alpha value is -3.62. The van der Waals surface area contributed by atoms with E-state index in [1.165, 1.54) is 42.5 Å². The first kappa shape index (κ1) is 25.0. The monoisotopic (exact) mass is 507 g/mol. The Balaban J connectivity index is 1.67. The Bertz CT molecular complexity index is 1230. The number of benzene rings is 2. The van der Waals surface area contributed by atoms with Crippen molar-refractivity contribution in [2.75, 3.05) is 36.5 Å². The van der Waals surface area contributed by atoms with Crippen LogP contribution in [0.5, 0.6) is 0 Å². The van der Waals surface area contributed by atoms with Gasteiger partial charge in [0.15, 0.2) is 5.11 Å². The molecule has 0 bridgehead atoms. The van der Waals surface area contributed by atoms with Crippen LogP contribution in [0.2, 0.25) is 0 Å². The topological polar surface area (TPSA) is 160 Å². The quantitative estimate of drug-likeness (QED) is 0.296. The minimum Gasteiger partial charge on any atom is -0.378 e. The highest BCUT2D eigenvalue weighted by Crippen LogP contribution is 2.30. The summed E-state index contributed by atoms with van der Waals surface area (Å²) in [4.78, 5) is 36.3. The summed E-state index contributed by atoms with van der Waals surface area (Å²) < 4.78 is 31.1. The number of ether oxygens (including phenoxy) is 1. The third kappa shape index (κ3) is 6.24. The van der Waals surface area contributed by atoms with E-state index in [-0.39, 0.29) is 21.3 Å². The van der Waals surface area contributed by atoms with Gasteiger partial charge in [-0.1, -0.05) is 0 Å². The second kappa shape index (κ2) is 10.5. The number of nitrogens with zero attached hydrogens (tertiary/aromatic N) is 2. The maximum Gasteiger partial charge on any atom is 0.293 e. The summed E-state index contributed by atoms with van der Waals surface area (Å²) in [6.07, 6.45) is 0. The number of sulfonamides is 1. The zero-order valence-electron chi connectivity index (χ0n) is 17.9. The molecule has 0 saturated carbocycles. The van der Waals surface area contributed by atoms with Gasteiger partial charge in [-0.3, -0.25) is 25.0 Å². The van der Waals surface area contributed by atoms with E-state index < -0.39 is 26.8 Å². The lowest BCUT2D eigenvalue weighted by atomic mass is 10.1. The first-order valence-electron chi connectivity index (χ1n) is 9.94. The van der Waals surface area contributed by atoms with E-state index in [4.69, 9.17) is 17.0 Å². The number of rotatable bonds is 6. The summed E-state index contributed by atoms with van der Waals surface area (Å²) in [6, 6.07) is 9.48. The fraction of sp³-hybridized carbons (Fsp3) is 0.250. The van der Waals surface area contributed by atoms with E-state index in [0.29, 0.717) is 37.7 Å². The average Bonchev–Trinajstić information content (AvgIpc) is 2.78. The van der Waals surface area contributed by atoms with E-state index in [1.807, 2.05) is 9.62 Å². The molecule has 180 valence electrons. The van der Waals surface area contributed by atoms with Crippen LogP contribution in [-0.2, 0) is 19.6 Å². The molecule has 0 spiro atoms. The van der Waals surface area contributed by atoms with E-state index >= 15 is 0 Å². The molecule has 1 aliphatic rings. The fourth-order valence-electron chi connectivity index (χ4n) is 3.19. The van der Waals surface area contributed by atoms with Gasteiger partial charge in [0, 0.05) is 37.3 Å². The molecule has 12 nitrogen and oxygen atoms in total. The van der Waals surface area contributed by atoms with Gasteiger partial charge in [-0.05, 0) is 48.6 Å². The average molecular weight is 508 g/mol. The van der Waals surface area contributed by atoms with Gasteiger partial charge in [-0.25, -0.2) is 13.1 Å². The Kier molecular flexibility index (Phi) is 7.75. The van der Waals surface area contributed by atoms with E-state index in [1.54, 1.807) is 0 Å². The molecule has 2 aromatic carbocycles. The maximum atomic E-state index is 12.6. The molecule has 0 radical (unpaired) electrons. The molecule has 3 N–H and O–H groups in total. The number of nitro benzene ring substituents is 1. The number of thiocarbonyl (C=S) groups is 1. The van der Waals surface area contributed by atoms with Crippen molar-refractivity contribution >= 4 is 56.2 Å². The minimum absolute atomic E-state index is 0.0459. The smallest absolute Gasteiger partial charge is 0.293 e. The Morgan fingerprint density at radius 3 is 2.35 bits per heavy atom. The molecule has 0 atom stereocenters. The molecule has 3 rings (SSSR count). The Morgan fingerprint density at radius 1 is 1.12 bits per heavy atom. The van der Waals surface area contributed by atoms with Crippen LogP contribution in [0.1, 0.15) is 17.3 Å². The molecule has 0 unspecified atom stereocenters. The summed E-state index contributed by atoms with van der Waals surface area (Å²) >= 11 is 5.11. The number of nitrogens with one attached hydrogen (secondary N) is 3. The molecule has 14 heteroatoms. The van der Waals surface area contributed by atoms with Crippen molar-refractivity contribution in [1.29, 1.82) is 0 Å². The number of anilines is 2. The van der Waals surface area contributed by atoms with Crippen LogP contribution in [0.15, 0.2) is 47.4 Å². The van der Waals surface area contributed by atoms with Gasteiger partial charge in [-0.2, -0.15) is 0 Å². The standard InChI is InChI=1S/C20H21N5O7S2/c1-13(26)23-34(30,31)16-5-3-15(4-6-16)21-20(33)22-19(27)14-2-7-17(18(12-14)25(28)29)24-8-10-32-11-9-24/h2-7,12H,8-11H2,1H3,(H,23,26)(H2,21,22,27,33). The molecule has 34 heavy (non-hydrogen) atoms.